The third kappa shape index (κ3) is 4.26. The van der Waals surface area contributed by atoms with E-state index in [1.165, 1.54) is 0 Å². The number of rotatable bonds is 6. The van der Waals surface area contributed by atoms with Crippen molar-refractivity contribution in [1.82, 2.24) is 15.2 Å². The number of H-pyrrole nitrogens is 1. The van der Waals surface area contributed by atoms with Gasteiger partial charge in [0.1, 0.15) is 18.1 Å². The fourth-order valence-electron chi connectivity index (χ4n) is 2.96. The molecule has 0 saturated carbocycles. The molecule has 0 spiro atoms. The summed E-state index contributed by atoms with van der Waals surface area (Å²) >= 11 is 0. The molecule has 130 valence electrons. The third-order valence-corrected chi connectivity index (χ3v) is 4.12. The predicted octanol–water partition coefficient (Wildman–Crippen LogP) is 3.46. The molecular weight excluding hydrogens is 306 g/mol. The second kappa shape index (κ2) is 7.21. The van der Waals surface area contributed by atoms with Gasteiger partial charge in [0, 0.05) is 12.5 Å². The van der Waals surface area contributed by atoms with Crippen LogP contribution in [0.15, 0.2) is 24.3 Å². The van der Waals surface area contributed by atoms with Crippen LogP contribution in [-0.4, -0.2) is 34.0 Å². The standard InChI is InChI=1S/C18H25N3O3/c1-4-22-14-5-7-15(8-6-14)23-12-16-19-17(21-20-16)13-9-10-24-18(2,3)11-13/h5-8,13H,4,9-12H2,1-3H3,(H,19,20,21)/t13-/m1/s1. The second-order valence-corrected chi connectivity index (χ2v) is 6.63. The maximum absolute atomic E-state index is 5.76. The molecule has 0 radical (unpaired) electrons. The Bertz CT molecular complexity index is 652. The summed E-state index contributed by atoms with van der Waals surface area (Å²) in [6.45, 7) is 7.97. The van der Waals surface area contributed by atoms with Crippen molar-refractivity contribution in [2.75, 3.05) is 13.2 Å². The minimum atomic E-state index is -0.109. The molecule has 1 aromatic heterocycles. The van der Waals surface area contributed by atoms with Gasteiger partial charge in [-0.15, -0.1) is 0 Å². The number of hydrogen-bond acceptors (Lipinski definition) is 5. The average molecular weight is 331 g/mol. The zero-order valence-electron chi connectivity index (χ0n) is 14.5. The van der Waals surface area contributed by atoms with Crippen LogP contribution in [0.25, 0.3) is 0 Å². The van der Waals surface area contributed by atoms with Crippen LogP contribution in [0.2, 0.25) is 0 Å². The van der Waals surface area contributed by atoms with E-state index in [9.17, 15) is 0 Å². The predicted molar refractivity (Wildman–Crippen MR) is 90.3 cm³/mol. The summed E-state index contributed by atoms with van der Waals surface area (Å²) in [5.41, 5.74) is -0.109. The Kier molecular flexibility index (Phi) is 5.04. The third-order valence-electron chi connectivity index (χ3n) is 4.12. The van der Waals surface area contributed by atoms with Gasteiger partial charge < -0.3 is 14.2 Å². The fourth-order valence-corrected chi connectivity index (χ4v) is 2.96. The molecule has 1 aliphatic rings. The van der Waals surface area contributed by atoms with Crippen molar-refractivity contribution in [2.45, 2.75) is 51.7 Å². The molecule has 0 bridgehead atoms. The van der Waals surface area contributed by atoms with E-state index in [2.05, 4.69) is 29.0 Å². The summed E-state index contributed by atoms with van der Waals surface area (Å²) in [5, 5.41) is 7.35. The van der Waals surface area contributed by atoms with Crippen molar-refractivity contribution < 1.29 is 14.2 Å². The van der Waals surface area contributed by atoms with Gasteiger partial charge in [-0.05, 0) is 57.9 Å². The number of benzene rings is 1. The molecule has 0 aliphatic carbocycles. The van der Waals surface area contributed by atoms with Gasteiger partial charge in [0.2, 0.25) is 0 Å². The lowest BCUT2D eigenvalue weighted by atomic mass is 9.88. The normalized spacial score (nSPS) is 19.9. The molecule has 2 aromatic rings. The molecule has 6 nitrogen and oxygen atoms in total. The maximum atomic E-state index is 5.76. The summed E-state index contributed by atoms with van der Waals surface area (Å²) in [5.74, 6) is 3.56. The van der Waals surface area contributed by atoms with E-state index in [0.717, 1.165) is 42.6 Å². The summed E-state index contributed by atoms with van der Waals surface area (Å²) in [4.78, 5) is 4.59. The Morgan fingerprint density at radius 3 is 2.58 bits per heavy atom. The van der Waals surface area contributed by atoms with Gasteiger partial charge in [-0.1, -0.05) is 0 Å². The van der Waals surface area contributed by atoms with Crippen LogP contribution < -0.4 is 9.47 Å². The lowest BCUT2D eigenvalue weighted by Crippen LogP contribution is -2.33. The lowest BCUT2D eigenvalue weighted by Gasteiger charge is -2.34. The van der Waals surface area contributed by atoms with Crippen LogP contribution in [0.3, 0.4) is 0 Å². The van der Waals surface area contributed by atoms with Gasteiger partial charge in [-0.3, -0.25) is 5.10 Å². The van der Waals surface area contributed by atoms with Crippen molar-refractivity contribution in [3.8, 4) is 11.5 Å². The second-order valence-electron chi connectivity index (χ2n) is 6.63. The first-order chi connectivity index (χ1) is 11.6. The van der Waals surface area contributed by atoms with Gasteiger partial charge in [-0.2, -0.15) is 5.10 Å². The molecule has 1 N–H and O–H groups in total. The Morgan fingerprint density at radius 2 is 1.92 bits per heavy atom. The summed E-state index contributed by atoms with van der Waals surface area (Å²) in [6.07, 6.45) is 1.89. The smallest absolute Gasteiger partial charge is 0.162 e. The van der Waals surface area contributed by atoms with Gasteiger partial charge in [-0.25, -0.2) is 4.98 Å². The molecule has 1 aliphatic heterocycles. The van der Waals surface area contributed by atoms with E-state index < -0.39 is 0 Å². The Balaban J connectivity index is 1.56. The van der Waals surface area contributed by atoms with Crippen molar-refractivity contribution in [3.05, 3.63) is 35.9 Å². The van der Waals surface area contributed by atoms with Gasteiger partial charge in [0.25, 0.3) is 0 Å². The van der Waals surface area contributed by atoms with E-state index in [1.807, 2.05) is 31.2 Å². The number of hydrogen-bond donors (Lipinski definition) is 1. The number of nitrogens with one attached hydrogen (secondary N) is 1. The molecule has 1 saturated heterocycles. The van der Waals surface area contributed by atoms with Crippen LogP contribution in [0.5, 0.6) is 11.5 Å². The highest BCUT2D eigenvalue weighted by molar-refractivity contribution is 5.31. The largest absolute Gasteiger partial charge is 0.494 e. The Labute approximate surface area is 142 Å². The van der Waals surface area contributed by atoms with Crippen molar-refractivity contribution in [2.24, 2.45) is 0 Å². The molecule has 0 amide bonds. The van der Waals surface area contributed by atoms with E-state index in [1.54, 1.807) is 0 Å². The monoisotopic (exact) mass is 331 g/mol. The molecule has 1 fully saturated rings. The van der Waals surface area contributed by atoms with Gasteiger partial charge in [0.05, 0.1) is 12.2 Å². The molecule has 2 heterocycles. The van der Waals surface area contributed by atoms with E-state index in [0.29, 0.717) is 19.1 Å². The number of ether oxygens (including phenoxy) is 3. The zero-order chi connectivity index (χ0) is 17.0. The highest BCUT2D eigenvalue weighted by Crippen LogP contribution is 2.33. The first-order valence-electron chi connectivity index (χ1n) is 8.46. The minimum absolute atomic E-state index is 0.109. The van der Waals surface area contributed by atoms with Crippen LogP contribution >= 0.6 is 0 Å². The lowest BCUT2D eigenvalue weighted by molar-refractivity contribution is -0.0602. The van der Waals surface area contributed by atoms with E-state index in [4.69, 9.17) is 14.2 Å². The Morgan fingerprint density at radius 1 is 1.21 bits per heavy atom. The van der Waals surface area contributed by atoms with Gasteiger partial charge >= 0.3 is 0 Å². The van der Waals surface area contributed by atoms with Crippen LogP contribution in [0.4, 0.5) is 0 Å². The van der Waals surface area contributed by atoms with E-state index >= 15 is 0 Å². The van der Waals surface area contributed by atoms with Crippen molar-refractivity contribution in [3.63, 3.8) is 0 Å². The number of nitrogens with zero attached hydrogens (tertiary/aromatic N) is 2. The first-order valence-corrected chi connectivity index (χ1v) is 8.46. The molecule has 1 aromatic carbocycles. The number of aromatic nitrogens is 3. The molecular formula is C18H25N3O3. The molecule has 1 atom stereocenters. The van der Waals surface area contributed by atoms with Crippen LogP contribution in [-0.2, 0) is 11.3 Å². The average Bonchev–Trinajstić information content (AvgIpc) is 3.03. The molecule has 0 unspecified atom stereocenters. The molecule has 6 heteroatoms. The SMILES string of the molecule is CCOc1ccc(OCc2nc([C@@H]3CCOC(C)(C)C3)n[nH]2)cc1. The zero-order valence-corrected chi connectivity index (χ0v) is 14.5. The van der Waals surface area contributed by atoms with Crippen LogP contribution in [0, 0.1) is 0 Å². The van der Waals surface area contributed by atoms with Crippen LogP contribution in [0.1, 0.15) is 51.2 Å². The van der Waals surface area contributed by atoms with Crippen molar-refractivity contribution in [1.29, 1.82) is 0 Å². The maximum Gasteiger partial charge on any atom is 0.162 e. The topological polar surface area (TPSA) is 69.3 Å². The highest BCUT2D eigenvalue weighted by Gasteiger charge is 2.31. The Hall–Kier alpha value is -2.08. The highest BCUT2D eigenvalue weighted by atomic mass is 16.5. The first kappa shape index (κ1) is 16.8. The number of aromatic amines is 1. The molecule has 3 rings (SSSR count). The summed E-state index contributed by atoms with van der Waals surface area (Å²) in [7, 11) is 0. The summed E-state index contributed by atoms with van der Waals surface area (Å²) < 4.78 is 16.9. The summed E-state index contributed by atoms with van der Waals surface area (Å²) in [6, 6.07) is 7.58. The molecule has 24 heavy (non-hydrogen) atoms. The van der Waals surface area contributed by atoms with Crippen molar-refractivity contribution >= 4 is 0 Å². The van der Waals surface area contributed by atoms with E-state index in [-0.39, 0.29) is 5.60 Å². The quantitative estimate of drug-likeness (QED) is 0.878. The van der Waals surface area contributed by atoms with Gasteiger partial charge in [0.15, 0.2) is 11.6 Å². The minimum Gasteiger partial charge on any atom is -0.494 e. The fraction of sp³-hybridized carbons (Fsp3) is 0.556.